The zero-order valence-corrected chi connectivity index (χ0v) is 16.9. The molecule has 2 atom stereocenters. The van der Waals surface area contributed by atoms with Crippen LogP contribution in [0.4, 0.5) is 0 Å². The molecule has 3 nitrogen and oxygen atoms in total. The number of benzene rings is 1. The van der Waals surface area contributed by atoms with Crippen molar-refractivity contribution in [3.63, 3.8) is 0 Å². The highest BCUT2D eigenvalue weighted by atomic mass is 16.5. The molecular formula is C24H32O3. The van der Waals surface area contributed by atoms with Crippen LogP contribution in [-0.4, -0.2) is 24.3 Å². The third kappa shape index (κ3) is 4.40. The molecule has 1 aromatic carbocycles. The molecule has 146 valence electrons. The molecule has 2 aliphatic rings. The minimum absolute atomic E-state index is 0.0988. The normalized spacial score (nSPS) is 28.6. The van der Waals surface area contributed by atoms with Gasteiger partial charge in [0.15, 0.2) is 5.78 Å². The Bertz CT molecular complexity index is 702. The molecular weight excluding hydrogens is 336 g/mol. The number of carbonyl (C=O) groups excluding carboxylic acids is 2. The Morgan fingerprint density at radius 3 is 2.30 bits per heavy atom. The van der Waals surface area contributed by atoms with Crippen molar-refractivity contribution >= 4 is 11.6 Å². The molecule has 0 amide bonds. The third-order valence-corrected chi connectivity index (χ3v) is 6.34. The Morgan fingerprint density at radius 2 is 1.70 bits per heavy atom. The van der Waals surface area contributed by atoms with E-state index in [9.17, 15) is 9.59 Å². The lowest BCUT2D eigenvalue weighted by atomic mass is 9.80. The van der Waals surface area contributed by atoms with Gasteiger partial charge in [0, 0.05) is 12.3 Å². The molecule has 2 unspecified atom stereocenters. The third-order valence-electron chi connectivity index (χ3n) is 6.34. The van der Waals surface area contributed by atoms with Crippen LogP contribution in [0.5, 0.6) is 0 Å². The van der Waals surface area contributed by atoms with Gasteiger partial charge < -0.3 is 4.74 Å². The Morgan fingerprint density at radius 1 is 1.07 bits per heavy atom. The first kappa shape index (κ1) is 20.0. The van der Waals surface area contributed by atoms with Crippen molar-refractivity contribution in [2.45, 2.75) is 71.3 Å². The predicted octanol–water partition coefficient (Wildman–Crippen LogP) is 5.01. The summed E-state index contributed by atoms with van der Waals surface area (Å²) in [4.78, 5) is 25.9. The maximum absolute atomic E-state index is 13.1. The van der Waals surface area contributed by atoms with E-state index in [2.05, 4.69) is 25.6 Å². The van der Waals surface area contributed by atoms with Crippen molar-refractivity contribution in [3.8, 4) is 0 Å². The van der Waals surface area contributed by atoms with Crippen molar-refractivity contribution in [3.05, 3.63) is 47.0 Å². The first-order chi connectivity index (χ1) is 12.9. The quantitative estimate of drug-likeness (QED) is 0.524. The fourth-order valence-electron chi connectivity index (χ4n) is 5.15. The summed E-state index contributed by atoms with van der Waals surface area (Å²) in [6.07, 6.45) is 7.68. The number of hydrogen-bond acceptors (Lipinski definition) is 3. The second-order valence-corrected chi connectivity index (χ2v) is 8.52. The van der Waals surface area contributed by atoms with Gasteiger partial charge >= 0.3 is 0 Å². The van der Waals surface area contributed by atoms with Crippen LogP contribution in [0.15, 0.2) is 24.8 Å². The second kappa shape index (κ2) is 8.52. The summed E-state index contributed by atoms with van der Waals surface area (Å²) < 4.78 is 5.76. The zero-order chi connectivity index (χ0) is 19.6. The van der Waals surface area contributed by atoms with Gasteiger partial charge in [-0.1, -0.05) is 23.8 Å². The number of aryl methyl sites for hydroxylation is 3. The number of carbonyl (C=O) groups is 2. The highest BCUT2D eigenvalue weighted by Crippen LogP contribution is 2.41. The molecule has 2 aliphatic carbocycles. The molecule has 1 aromatic rings. The van der Waals surface area contributed by atoms with Gasteiger partial charge in [0.05, 0.1) is 12.7 Å². The standard InChI is InChI=1S/C24H32O3/c1-5-10-27-20-8-6-18(7-9-20)13-19-14-21(25)23(24(19)26)22-16(3)11-15(2)12-17(22)4/h5,11-12,18-20,23H,1,6-10,13-14H2,2-4H3. The fraction of sp³-hybridized carbons (Fsp3) is 0.583. The van der Waals surface area contributed by atoms with E-state index in [1.165, 1.54) is 5.56 Å². The highest BCUT2D eigenvalue weighted by molar-refractivity contribution is 6.14. The molecule has 0 aromatic heterocycles. The van der Waals surface area contributed by atoms with Crippen molar-refractivity contribution < 1.29 is 14.3 Å². The summed E-state index contributed by atoms with van der Waals surface area (Å²) in [5.74, 6) is 0.165. The number of Topliss-reactive ketones (excluding diaryl/α,β-unsaturated/α-hetero) is 2. The van der Waals surface area contributed by atoms with Gasteiger partial charge in [-0.3, -0.25) is 9.59 Å². The summed E-state index contributed by atoms with van der Waals surface area (Å²) in [5, 5.41) is 0. The second-order valence-electron chi connectivity index (χ2n) is 8.52. The van der Waals surface area contributed by atoms with Crippen LogP contribution in [0.25, 0.3) is 0 Å². The predicted molar refractivity (Wildman–Crippen MR) is 108 cm³/mol. The molecule has 3 rings (SSSR count). The minimum atomic E-state index is -0.539. The van der Waals surface area contributed by atoms with Gasteiger partial charge in [-0.15, -0.1) is 6.58 Å². The number of ether oxygens (including phenoxy) is 1. The molecule has 0 N–H and O–H groups in total. The lowest BCUT2D eigenvalue weighted by molar-refractivity contribution is -0.125. The first-order valence-corrected chi connectivity index (χ1v) is 10.3. The SMILES string of the molecule is C=CCOC1CCC(CC2CC(=O)C(c3c(C)cc(C)cc3C)C2=O)CC1. The maximum Gasteiger partial charge on any atom is 0.151 e. The Hall–Kier alpha value is -1.74. The summed E-state index contributed by atoms with van der Waals surface area (Å²) in [6, 6.07) is 4.17. The lowest BCUT2D eigenvalue weighted by Gasteiger charge is -2.29. The molecule has 0 aliphatic heterocycles. The first-order valence-electron chi connectivity index (χ1n) is 10.3. The van der Waals surface area contributed by atoms with Crippen LogP contribution in [0.3, 0.4) is 0 Å². The van der Waals surface area contributed by atoms with E-state index in [1.807, 2.05) is 13.8 Å². The summed E-state index contributed by atoms with van der Waals surface area (Å²) in [6.45, 7) is 10.4. The van der Waals surface area contributed by atoms with Crippen LogP contribution >= 0.6 is 0 Å². The highest BCUT2D eigenvalue weighted by Gasteiger charge is 2.44. The number of rotatable bonds is 6. The van der Waals surface area contributed by atoms with Crippen molar-refractivity contribution in [1.82, 2.24) is 0 Å². The molecule has 2 saturated carbocycles. The molecule has 0 heterocycles. The largest absolute Gasteiger partial charge is 0.374 e. The minimum Gasteiger partial charge on any atom is -0.374 e. The van der Waals surface area contributed by atoms with Gasteiger partial charge in [0.1, 0.15) is 11.7 Å². The van der Waals surface area contributed by atoms with Gasteiger partial charge in [0.25, 0.3) is 0 Å². The lowest BCUT2D eigenvalue weighted by Crippen LogP contribution is -2.24. The van der Waals surface area contributed by atoms with Gasteiger partial charge in [-0.25, -0.2) is 0 Å². The van der Waals surface area contributed by atoms with Crippen LogP contribution in [0.1, 0.15) is 66.7 Å². The monoisotopic (exact) mass is 368 g/mol. The van der Waals surface area contributed by atoms with Crippen LogP contribution in [0, 0.1) is 32.6 Å². The summed E-state index contributed by atoms with van der Waals surface area (Å²) >= 11 is 0. The van der Waals surface area contributed by atoms with Crippen LogP contribution < -0.4 is 0 Å². The van der Waals surface area contributed by atoms with Crippen molar-refractivity contribution in [1.29, 1.82) is 0 Å². The van der Waals surface area contributed by atoms with Gasteiger partial charge in [0.2, 0.25) is 0 Å². The van der Waals surface area contributed by atoms with Crippen LogP contribution in [-0.2, 0) is 14.3 Å². The van der Waals surface area contributed by atoms with E-state index in [4.69, 9.17) is 4.74 Å². The Balaban J connectivity index is 1.65. The Labute approximate surface area is 163 Å². The number of hydrogen-bond donors (Lipinski definition) is 0. The average molecular weight is 369 g/mol. The Kier molecular flexibility index (Phi) is 6.31. The van der Waals surface area contributed by atoms with E-state index in [1.54, 1.807) is 6.08 Å². The molecule has 2 fully saturated rings. The van der Waals surface area contributed by atoms with E-state index in [0.29, 0.717) is 25.0 Å². The molecule has 0 spiro atoms. The van der Waals surface area contributed by atoms with Crippen molar-refractivity contribution in [2.24, 2.45) is 11.8 Å². The molecule has 0 bridgehead atoms. The van der Waals surface area contributed by atoms with E-state index in [-0.39, 0.29) is 17.5 Å². The summed E-state index contributed by atoms with van der Waals surface area (Å²) in [5.41, 5.74) is 4.28. The van der Waals surface area contributed by atoms with Crippen molar-refractivity contribution in [2.75, 3.05) is 6.61 Å². The smallest absolute Gasteiger partial charge is 0.151 e. The summed E-state index contributed by atoms with van der Waals surface area (Å²) in [7, 11) is 0. The molecule has 0 saturated heterocycles. The van der Waals surface area contributed by atoms with Crippen LogP contribution in [0.2, 0.25) is 0 Å². The van der Waals surface area contributed by atoms with Gasteiger partial charge in [-0.2, -0.15) is 0 Å². The van der Waals surface area contributed by atoms with E-state index >= 15 is 0 Å². The van der Waals surface area contributed by atoms with Gasteiger partial charge in [-0.05, 0) is 75.5 Å². The fourth-order valence-corrected chi connectivity index (χ4v) is 5.15. The molecule has 3 heteroatoms. The topological polar surface area (TPSA) is 43.4 Å². The zero-order valence-electron chi connectivity index (χ0n) is 16.9. The molecule has 0 radical (unpaired) electrons. The van der Waals surface area contributed by atoms with E-state index in [0.717, 1.165) is 48.8 Å². The number of ketones is 2. The molecule has 27 heavy (non-hydrogen) atoms. The average Bonchev–Trinajstić information content (AvgIpc) is 2.88. The van der Waals surface area contributed by atoms with E-state index < -0.39 is 5.92 Å². The maximum atomic E-state index is 13.1.